The lowest BCUT2D eigenvalue weighted by Crippen LogP contribution is -2.47. The van der Waals surface area contributed by atoms with Gasteiger partial charge in [0.15, 0.2) is 15.9 Å². The van der Waals surface area contributed by atoms with Crippen molar-refractivity contribution in [2.24, 2.45) is 5.41 Å². The number of alkyl halides is 3. The molecule has 1 spiro atoms. The van der Waals surface area contributed by atoms with Gasteiger partial charge < -0.3 is 14.7 Å². The number of carbonyl (C=O) groups is 1. The molecule has 11 heteroatoms. The Hall–Kier alpha value is -1.88. The van der Waals surface area contributed by atoms with Gasteiger partial charge in [-0.2, -0.15) is 13.2 Å². The van der Waals surface area contributed by atoms with Gasteiger partial charge in [0.2, 0.25) is 11.8 Å². The summed E-state index contributed by atoms with van der Waals surface area (Å²) < 4.78 is 67.2. The zero-order valence-corrected chi connectivity index (χ0v) is 19.2. The van der Waals surface area contributed by atoms with Gasteiger partial charge in [-0.1, -0.05) is 0 Å². The minimum Gasteiger partial charge on any atom is -0.465 e. The van der Waals surface area contributed by atoms with Crippen molar-refractivity contribution in [1.82, 2.24) is 4.98 Å². The number of anilines is 1. The number of hydrogen-bond donors (Lipinski definition) is 1. The molecule has 180 valence electrons. The number of sulfone groups is 1. The van der Waals surface area contributed by atoms with Crippen LogP contribution in [0.1, 0.15) is 52.9 Å². The van der Waals surface area contributed by atoms with E-state index in [1.807, 2.05) is 0 Å². The Bertz CT molecular complexity index is 939. The Morgan fingerprint density at radius 2 is 1.78 bits per heavy atom. The van der Waals surface area contributed by atoms with Gasteiger partial charge in [-0.25, -0.2) is 13.4 Å². The van der Waals surface area contributed by atoms with Crippen LogP contribution < -0.4 is 9.64 Å². The molecule has 1 aliphatic carbocycles. The monoisotopic (exact) mass is 478 g/mol. The highest BCUT2D eigenvalue weighted by Gasteiger charge is 2.52. The van der Waals surface area contributed by atoms with E-state index in [4.69, 9.17) is 4.74 Å². The van der Waals surface area contributed by atoms with Crippen molar-refractivity contribution < 1.29 is 36.2 Å². The molecule has 2 heterocycles. The Morgan fingerprint density at radius 1 is 1.16 bits per heavy atom. The fourth-order valence-electron chi connectivity index (χ4n) is 4.26. The van der Waals surface area contributed by atoms with Gasteiger partial charge in [-0.3, -0.25) is 4.79 Å². The van der Waals surface area contributed by atoms with Crippen molar-refractivity contribution in [3.05, 3.63) is 18.3 Å². The number of rotatable bonds is 6. The van der Waals surface area contributed by atoms with Crippen LogP contribution in [-0.2, 0) is 14.6 Å². The van der Waals surface area contributed by atoms with Gasteiger partial charge in [-0.05, 0) is 58.9 Å². The van der Waals surface area contributed by atoms with Crippen LogP contribution in [0.15, 0.2) is 18.3 Å². The van der Waals surface area contributed by atoms with Crippen molar-refractivity contribution in [1.29, 1.82) is 0 Å². The zero-order valence-electron chi connectivity index (χ0n) is 18.4. The van der Waals surface area contributed by atoms with Crippen molar-refractivity contribution in [3.63, 3.8) is 0 Å². The van der Waals surface area contributed by atoms with Gasteiger partial charge in [0.25, 0.3) is 0 Å². The molecule has 1 saturated carbocycles. The van der Waals surface area contributed by atoms with Crippen LogP contribution in [-0.4, -0.2) is 59.8 Å². The maximum Gasteiger partial charge on any atom is 0.425 e. The van der Waals surface area contributed by atoms with Crippen LogP contribution in [0.25, 0.3) is 0 Å². The normalized spacial score (nSPS) is 27.9. The lowest BCUT2D eigenvalue weighted by Gasteiger charge is -2.40. The second-order valence-corrected chi connectivity index (χ2v) is 11.8. The minimum atomic E-state index is -4.50. The molecule has 7 nitrogen and oxygen atoms in total. The molecule has 1 aliphatic heterocycles. The molecule has 1 aromatic heterocycles. The van der Waals surface area contributed by atoms with E-state index >= 15 is 0 Å². The summed E-state index contributed by atoms with van der Waals surface area (Å²) in [5.41, 5.74) is -1.55. The molecular formula is C21H29F3N2O5S. The number of aliphatic hydroxyl groups is 1. The average Bonchev–Trinajstić information content (AvgIpc) is 3.00. The standard InChI is InChI=1S/C21H29F3N2O5S/c1-14(2)32(29,30)13-20(28)8-6-19(7-9-20)10-11-26(18(19)27)16-4-5-17(25-12-16)31-15(3)21(22,23)24/h4-5,12,14-15,28H,6-11,13H2,1-3H3/t15-,19-,20+/m0/s1. The van der Waals surface area contributed by atoms with Gasteiger partial charge in [0, 0.05) is 12.6 Å². The van der Waals surface area contributed by atoms with Crippen LogP contribution in [0.3, 0.4) is 0 Å². The summed E-state index contributed by atoms with van der Waals surface area (Å²) in [4.78, 5) is 18.6. The summed E-state index contributed by atoms with van der Waals surface area (Å²) in [5, 5.41) is 10.2. The Balaban J connectivity index is 1.65. The summed E-state index contributed by atoms with van der Waals surface area (Å²) in [6.45, 7) is 4.47. The summed E-state index contributed by atoms with van der Waals surface area (Å²) in [7, 11) is -3.42. The number of amides is 1. The number of carbonyl (C=O) groups excluding carboxylic acids is 1. The lowest BCUT2D eigenvalue weighted by molar-refractivity contribution is -0.189. The van der Waals surface area contributed by atoms with Gasteiger partial charge >= 0.3 is 6.18 Å². The molecule has 1 aromatic rings. The summed E-state index contributed by atoms with van der Waals surface area (Å²) in [5.74, 6) is -0.632. The van der Waals surface area contributed by atoms with Crippen molar-refractivity contribution >= 4 is 21.4 Å². The maximum absolute atomic E-state index is 13.2. The van der Waals surface area contributed by atoms with Crippen molar-refractivity contribution in [2.75, 3.05) is 17.2 Å². The third kappa shape index (κ3) is 5.03. The summed E-state index contributed by atoms with van der Waals surface area (Å²) >= 11 is 0. The summed E-state index contributed by atoms with van der Waals surface area (Å²) in [6.07, 6.45) is -3.44. The lowest BCUT2D eigenvalue weighted by atomic mass is 9.68. The molecule has 0 unspecified atom stereocenters. The highest BCUT2D eigenvalue weighted by atomic mass is 32.2. The van der Waals surface area contributed by atoms with Crippen LogP contribution >= 0.6 is 0 Å². The summed E-state index contributed by atoms with van der Waals surface area (Å²) in [6, 6.07) is 2.79. The Kier molecular flexibility index (Phi) is 6.56. The molecule has 2 aliphatic rings. The molecule has 1 atom stereocenters. The van der Waals surface area contributed by atoms with E-state index in [-0.39, 0.29) is 30.4 Å². The predicted octanol–water partition coefficient (Wildman–Crippen LogP) is 3.26. The number of aromatic nitrogens is 1. The Morgan fingerprint density at radius 3 is 2.28 bits per heavy atom. The number of hydrogen-bond acceptors (Lipinski definition) is 6. The first-order valence-corrected chi connectivity index (χ1v) is 12.3. The Labute approximate surface area is 185 Å². The molecule has 32 heavy (non-hydrogen) atoms. The van der Waals surface area contributed by atoms with E-state index in [9.17, 15) is 31.5 Å². The highest BCUT2D eigenvalue weighted by Crippen LogP contribution is 2.49. The SMILES string of the molecule is CC(C)S(=O)(=O)C[C@]1(O)CC[C@]2(CCN(c3ccc(O[C@@H](C)C(F)(F)F)nc3)C2=O)CC1. The largest absolute Gasteiger partial charge is 0.465 e. The fourth-order valence-corrected chi connectivity index (χ4v) is 5.63. The van der Waals surface area contributed by atoms with Gasteiger partial charge in [0.1, 0.15) is 0 Å². The topological polar surface area (TPSA) is 96.8 Å². The molecule has 0 radical (unpaired) electrons. The average molecular weight is 479 g/mol. The highest BCUT2D eigenvalue weighted by molar-refractivity contribution is 7.92. The van der Waals surface area contributed by atoms with Crippen LogP contribution in [0, 0.1) is 5.41 Å². The van der Waals surface area contributed by atoms with E-state index in [1.54, 1.807) is 18.7 Å². The van der Waals surface area contributed by atoms with Crippen LogP contribution in [0.2, 0.25) is 0 Å². The first-order chi connectivity index (χ1) is 14.7. The van der Waals surface area contributed by atoms with Crippen LogP contribution in [0.5, 0.6) is 5.88 Å². The first-order valence-electron chi connectivity index (χ1n) is 10.6. The number of ether oxygens (including phenoxy) is 1. The number of nitrogens with zero attached hydrogens (tertiary/aromatic N) is 2. The second-order valence-electron chi connectivity index (χ2n) is 9.22. The van der Waals surface area contributed by atoms with Gasteiger partial charge in [-0.15, -0.1) is 0 Å². The quantitative estimate of drug-likeness (QED) is 0.674. The minimum absolute atomic E-state index is 0.134. The van der Waals surface area contributed by atoms with E-state index in [2.05, 4.69) is 4.98 Å². The van der Waals surface area contributed by atoms with Gasteiger partial charge in [0.05, 0.1) is 33.9 Å². The molecule has 1 saturated heterocycles. The van der Waals surface area contributed by atoms with E-state index in [1.165, 1.54) is 18.3 Å². The molecule has 0 bridgehead atoms. The third-order valence-corrected chi connectivity index (χ3v) is 9.01. The van der Waals surface area contributed by atoms with Crippen LogP contribution in [0.4, 0.5) is 18.9 Å². The third-order valence-electron chi connectivity index (χ3n) is 6.63. The van der Waals surface area contributed by atoms with E-state index in [0.29, 0.717) is 31.5 Å². The molecular weight excluding hydrogens is 449 g/mol. The molecule has 3 rings (SSSR count). The first kappa shape index (κ1) is 24.8. The van der Waals surface area contributed by atoms with E-state index in [0.717, 1.165) is 6.92 Å². The predicted molar refractivity (Wildman–Crippen MR) is 112 cm³/mol. The fraction of sp³-hybridized carbons (Fsp3) is 0.714. The number of halogens is 3. The van der Waals surface area contributed by atoms with Crippen molar-refractivity contribution in [2.45, 2.75) is 76.0 Å². The molecule has 0 aromatic carbocycles. The molecule has 1 amide bonds. The second kappa shape index (κ2) is 8.48. The number of pyridine rings is 1. The molecule has 1 N–H and O–H groups in total. The maximum atomic E-state index is 13.2. The van der Waals surface area contributed by atoms with Crippen molar-refractivity contribution in [3.8, 4) is 5.88 Å². The zero-order chi connectivity index (χ0) is 23.9. The molecule has 2 fully saturated rings. The smallest absolute Gasteiger partial charge is 0.425 e. The van der Waals surface area contributed by atoms with E-state index < -0.39 is 38.4 Å².